The summed E-state index contributed by atoms with van der Waals surface area (Å²) in [6.45, 7) is 1.91. The van der Waals surface area contributed by atoms with Gasteiger partial charge in [-0.1, -0.05) is 6.07 Å². The average Bonchev–Trinajstić information content (AvgIpc) is 2.31. The maximum atomic E-state index is 12.3. The third kappa shape index (κ3) is 3.70. The highest BCUT2D eigenvalue weighted by Crippen LogP contribution is 2.25. The first-order valence-corrected chi connectivity index (χ1v) is 8.78. The van der Waals surface area contributed by atoms with Crippen molar-refractivity contribution in [2.24, 2.45) is 0 Å². The molecule has 0 spiro atoms. The molecule has 0 saturated heterocycles. The molecule has 100 valence electrons. The summed E-state index contributed by atoms with van der Waals surface area (Å²) in [5.74, 6) is 0. The van der Waals surface area contributed by atoms with E-state index in [4.69, 9.17) is 0 Å². The van der Waals surface area contributed by atoms with Crippen LogP contribution in [0, 0.1) is 10.5 Å². The van der Waals surface area contributed by atoms with Gasteiger partial charge in [-0.2, -0.15) is 0 Å². The van der Waals surface area contributed by atoms with Crippen molar-refractivity contribution in [3.63, 3.8) is 0 Å². The highest BCUT2D eigenvalue weighted by molar-refractivity contribution is 14.1. The standard InChI is InChI=1S/C13H11BrINO2S/c1-9-2-7-13(12(14)8-9)19(17,18)16-11-5-3-10(15)4-6-11/h2-8,16H,1H3. The quantitative estimate of drug-likeness (QED) is 0.712. The van der Waals surface area contributed by atoms with Crippen LogP contribution < -0.4 is 4.72 Å². The molecule has 0 aliphatic heterocycles. The van der Waals surface area contributed by atoms with Crippen LogP contribution in [0.25, 0.3) is 0 Å². The molecule has 0 fully saturated rings. The van der Waals surface area contributed by atoms with Gasteiger partial charge in [-0.15, -0.1) is 0 Å². The second-order valence-corrected chi connectivity index (χ2v) is 7.80. The molecule has 0 atom stereocenters. The fourth-order valence-corrected chi connectivity index (χ4v) is 4.16. The van der Waals surface area contributed by atoms with Crippen LogP contribution >= 0.6 is 38.5 Å². The fourth-order valence-electron chi connectivity index (χ4n) is 1.55. The largest absolute Gasteiger partial charge is 0.280 e. The Morgan fingerprint density at radius 3 is 2.32 bits per heavy atom. The molecule has 0 radical (unpaired) electrons. The van der Waals surface area contributed by atoms with Crippen LogP contribution in [-0.2, 0) is 10.0 Å². The van der Waals surface area contributed by atoms with Gasteiger partial charge >= 0.3 is 0 Å². The van der Waals surface area contributed by atoms with Crippen molar-refractivity contribution < 1.29 is 8.42 Å². The number of benzene rings is 2. The van der Waals surface area contributed by atoms with E-state index < -0.39 is 10.0 Å². The van der Waals surface area contributed by atoms with Crippen LogP contribution in [0.5, 0.6) is 0 Å². The first kappa shape index (κ1) is 14.8. The number of anilines is 1. The number of sulfonamides is 1. The Balaban J connectivity index is 2.35. The van der Waals surface area contributed by atoms with Crippen LogP contribution in [0.4, 0.5) is 5.69 Å². The Morgan fingerprint density at radius 2 is 1.74 bits per heavy atom. The lowest BCUT2D eigenvalue weighted by Crippen LogP contribution is -2.13. The van der Waals surface area contributed by atoms with Gasteiger partial charge < -0.3 is 0 Å². The zero-order valence-electron chi connectivity index (χ0n) is 10.0. The lowest BCUT2D eigenvalue weighted by atomic mass is 10.2. The first-order chi connectivity index (χ1) is 8.88. The molecule has 1 N–H and O–H groups in total. The lowest BCUT2D eigenvalue weighted by Gasteiger charge is -2.10. The van der Waals surface area contributed by atoms with Crippen molar-refractivity contribution in [1.82, 2.24) is 0 Å². The van der Waals surface area contributed by atoms with E-state index in [1.807, 2.05) is 19.1 Å². The van der Waals surface area contributed by atoms with Gasteiger partial charge in [0.2, 0.25) is 0 Å². The van der Waals surface area contributed by atoms with Crippen molar-refractivity contribution in [3.05, 3.63) is 56.1 Å². The van der Waals surface area contributed by atoms with Crippen LogP contribution in [0.1, 0.15) is 5.56 Å². The molecule has 19 heavy (non-hydrogen) atoms. The van der Waals surface area contributed by atoms with E-state index in [0.717, 1.165) is 9.13 Å². The van der Waals surface area contributed by atoms with E-state index in [-0.39, 0.29) is 4.90 Å². The maximum absolute atomic E-state index is 12.3. The Kier molecular flexibility index (Phi) is 4.52. The molecule has 3 nitrogen and oxygen atoms in total. The summed E-state index contributed by atoms with van der Waals surface area (Å²) in [5, 5.41) is 0. The topological polar surface area (TPSA) is 46.2 Å². The number of hydrogen-bond donors (Lipinski definition) is 1. The molecule has 0 bridgehead atoms. The van der Waals surface area contributed by atoms with Gasteiger partial charge in [0.15, 0.2) is 0 Å². The molecule has 2 aromatic carbocycles. The normalized spacial score (nSPS) is 11.3. The van der Waals surface area contributed by atoms with Gasteiger partial charge in [0.1, 0.15) is 4.90 Å². The number of halogens is 2. The minimum atomic E-state index is -3.57. The summed E-state index contributed by atoms with van der Waals surface area (Å²) in [5.41, 5.74) is 1.55. The highest BCUT2D eigenvalue weighted by atomic mass is 127. The molecule has 0 saturated carbocycles. The number of hydrogen-bond acceptors (Lipinski definition) is 2. The summed E-state index contributed by atoms with van der Waals surface area (Å²) < 4.78 is 28.7. The summed E-state index contributed by atoms with van der Waals surface area (Å²) in [4.78, 5) is 0.233. The summed E-state index contributed by atoms with van der Waals surface area (Å²) in [6, 6.07) is 12.3. The average molecular weight is 452 g/mol. The van der Waals surface area contributed by atoms with Crippen molar-refractivity contribution in [2.45, 2.75) is 11.8 Å². The Labute approximate surface area is 134 Å². The van der Waals surface area contributed by atoms with Crippen LogP contribution in [0.2, 0.25) is 0 Å². The van der Waals surface area contributed by atoms with Crippen LogP contribution in [0.15, 0.2) is 51.8 Å². The van der Waals surface area contributed by atoms with Gasteiger partial charge in [0, 0.05) is 13.7 Å². The van der Waals surface area contributed by atoms with E-state index in [9.17, 15) is 8.42 Å². The Hall–Kier alpha value is -0.600. The SMILES string of the molecule is Cc1ccc(S(=O)(=O)Nc2ccc(I)cc2)c(Br)c1. The number of aryl methyl sites for hydroxylation is 1. The molecule has 0 aliphatic carbocycles. The second-order valence-electron chi connectivity index (χ2n) is 4.05. The minimum Gasteiger partial charge on any atom is -0.280 e. The van der Waals surface area contributed by atoms with E-state index in [2.05, 4.69) is 43.2 Å². The molecule has 0 unspecified atom stereocenters. The number of nitrogens with one attached hydrogen (secondary N) is 1. The molecule has 0 heterocycles. The molecule has 2 rings (SSSR count). The number of rotatable bonds is 3. The monoisotopic (exact) mass is 451 g/mol. The Bertz CT molecular complexity index is 699. The Morgan fingerprint density at radius 1 is 1.11 bits per heavy atom. The molecule has 0 aliphatic rings. The zero-order chi connectivity index (χ0) is 14.0. The smallest absolute Gasteiger partial charge is 0.263 e. The predicted molar refractivity (Wildman–Crippen MR) is 88.8 cm³/mol. The van der Waals surface area contributed by atoms with E-state index in [1.165, 1.54) is 0 Å². The predicted octanol–water partition coefficient (Wildman–Crippen LogP) is 4.16. The van der Waals surface area contributed by atoms with Gasteiger partial charge in [-0.25, -0.2) is 8.42 Å². The maximum Gasteiger partial charge on any atom is 0.263 e. The third-order valence-corrected chi connectivity index (χ3v) is 5.55. The molecular formula is C13H11BrINO2S. The molecule has 0 aromatic heterocycles. The van der Waals surface area contributed by atoms with E-state index in [0.29, 0.717) is 10.2 Å². The molecular weight excluding hydrogens is 441 g/mol. The molecule has 6 heteroatoms. The molecule has 0 amide bonds. The lowest BCUT2D eigenvalue weighted by molar-refractivity contribution is 0.600. The molecule has 2 aromatic rings. The van der Waals surface area contributed by atoms with Gasteiger partial charge in [0.25, 0.3) is 10.0 Å². The third-order valence-electron chi connectivity index (χ3n) is 2.47. The zero-order valence-corrected chi connectivity index (χ0v) is 14.6. The second kappa shape index (κ2) is 5.80. The minimum absolute atomic E-state index is 0.233. The van der Waals surface area contributed by atoms with E-state index in [1.54, 1.807) is 30.3 Å². The first-order valence-electron chi connectivity index (χ1n) is 5.43. The van der Waals surface area contributed by atoms with Crippen molar-refractivity contribution in [2.75, 3.05) is 4.72 Å². The van der Waals surface area contributed by atoms with Crippen molar-refractivity contribution in [3.8, 4) is 0 Å². The summed E-state index contributed by atoms with van der Waals surface area (Å²) in [6.07, 6.45) is 0. The van der Waals surface area contributed by atoms with Crippen molar-refractivity contribution in [1.29, 1.82) is 0 Å². The van der Waals surface area contributed by atoms with Crippen molar-refractivity contribution >= 4 is 54.2 Å². The summed E-state index contributed by atoms with van der Waals surface area (Å²) in [7, 11) is -3.57. The fraction of sp³-hybridized carbons (Fsp3) is 0.0769. The van der Waals surface area contributed by atoms with Gasteiger partial charge in [0.05, 0.1) is 0 Å². The van der Waals surface area contributed by atoms with Gasteiger partial charge in [-0.3, -0.25) is 4.72 Å². The van der Waals surface area contributed by atoms with Crippen LogP contribution in [0.3, 0.4) is 0 Å². The highest BCUT2D eigenvalue weighted by Gasteiger charge is 2.17. The van der Waals surface area contributed by atoms with Crippen LogP contribution in [-0.4, -0.2) is 8.42 Å². The summed E-state index contributed by atoms with van der Waals surface area (Å²) >= 11 is 5.46. The van der Waals surface area contributed by atoms with Gasteiger partial charge in [-0.05, 0) is 87.4 Å². The van der Waals surface area contributed by atoms with E-state index >= 15 is 0 Å².